The third-order valence-corrected chi connectivity index (χ3v) is 2.11. The summed E-state index contributed by atoms with van der Waals surface area (Å²) in [5.41, 5.74) is 5.50. The quantitative estimate of drug-likeness (QED) is 0.494. The molecule has 1 fully saturated rings. The van der Waals surface area contributed by atoms with Gasteiger partial charge in [0.1, 0.15) is 0 Å². The van der Waals surface area contributed by atoms with Crippen molar-refractivity contribution in [2.45, 2.75) is 25.0 Å². The lowest BCUT2D eigenvalue weighted by atomic mass is 10.1. The Labute approximate surface area is 65.3 Å². The van der Waals surface area contributed by atoms with E-state index in [9.17, 15) is 9.90 Å². The fraction of sp³-hybridized carbons (Fsp3) is 0.857. The molecule has 0 saturated heterocycles. The molecule has 0 unspecified atom stereocenters. The van der Waals surface area contributed by atoms with Crippen LogP contribution in [0.1, 0.15) is 12.8 Å². The fourth-order valence-electron chi connectivity index (χ4n) is 1.41. The minimum Gasteiger partial charge on any atom is -0.469 e. The number of aliphatic hydroxyl groups excluding tert-OH is 1. The third-order valence-electron chi connectivity index (χ3n) is 2.11. The molecule has 1 rings (SSSR count). The van der Waals surface area contributed by atoms with Crippen LogP contribution in [-0.4, -0.2) is 30.3 Å². The van der Waals surface area contributed by atoms with Crippen molar-refractivity contribution in [2.24, 2.45) is 11.7 Å². The summed E-state index contributed by atoms with van der Waals surface area (Å²) in [6, 6.07) is -0.265. The van der Waals surface area contributed by atoms with Crippen molar-refractivity contribution in [3.63, 3.8) is 0 Å². The molecule has 0 spiro atoms. The minimum absolute atomic E-state index is 0.204. The Morgan fingerprint density at radius 2 is 2.27 bits per heavy atom. The fourth-order valence-corrected chi connectivity index (χ4v) is 1.41. The lowest BCUT2D eigenvalue weighted by molar-refractivity contribution is -0.145. The first-order chi connectivity index (χ1) is 5.15. The van der Waals surface area contributed by atoms with E-state index in [0.29, 0.717) is 12.8 Å². The highest BCUT2D eigenvalue weighted by molar-refractivity contribution is 5.72. The number of carbonyl (C=O) groups excluding carboxylic acids is 1. The van der Waals surface area contributed by atoms with Gasteiger partial charge in [0, 0.05) is 6.04 Å². The summed E-state index contributed by atoms with van der Waals surface area (Å²) in [4.78, 5) is 10.9. The molecule has 0 bridgehead atoms. The number of carbonyl (C=O) groups is 1. The molecule has 0 amide bonds. The van der Waals surface area contributed by atoms with Crippen molar-refractivity contribution in [3.8, 4) is 0 Å². The van der Waals surface area contributed by atoms with Crippen LogP contribution in [-0.2, 0) is 9.53 Å². The van der Waals surface area contributed by atoms with Crippen molar-refractivity contribution < 1.29 is 14.6 Å². The van der Waals surface area contributed by atoms with Crippen LogP contribution in [0.4, 0.5) is 0 Å². The number of rotatable bonds is 1. The van der Waals surface area contributed by atoms with Gasteiger partial charge in [-0.15, -0.1) is 0 Å². The second-order valence-electron chi connectivity index (χ2n) is 2.92. The smallest absolute Gasteiger partial charge is 0.308 e. The van der Waals surface area contributed by atoms with E-state index in [4.69, 9.17) is 5.73 Å². The summed E-state index contributed by atoms with van der Waals surface area (Å²) in [5, 5.41) is 9.18. The highest BCUT2D eigenvalue weighted by Crippen LogP contribution is 2.25. The van der Waals surface area contributed by atoms with E-state index in [1.807, 2.05) is 0 Å². The van der Waals surface area contributed by atoms with Crippen molar-refractivity contribution >= 4 is 5.97 Å². The Balaban J connectivity index is 2.46. The summed E-state index contributed by atoms with van der Waals surface area (Å²) >= 11 is 0. The van der Waals surface area contributed by atoms with Crippen molar-refractivity contribution in [1.82, 2.24) is 0 Å². The highest BCUT2D eigenvalue weighted by Gasteiger charge is 2.35. The second kappa shape index (κ2) is 3.19. The van der Waals surface area contributed by atoms with E-state index in [0.717, 1.165) is 0 Å². The zero-order valence-electron chi connectivity index (χ0n) is 6.49. The van der Waals surface area contributed by atoms with E-state index >= 15 is 0 Å². The average Bonchev–Trinajstić information content (AvgIpc) is 2.31. The van der Waals surface area contributed by atoms with Gasteiger partial charge in [-0.05, 0) is 12.8 Å². The lowest BCUT2D eigenvalue weighted by Crippen LogP contribution is -2.28. The predicted molar refractivity (Wildman–Crippen MR) is 38.7 cm³/mol. The van der Waals surface area contributed by atoms with Gasteiger partial charge in [-0.3, -0.25) is 4.79 Å². The van der Waals surface area contributed by atoms with Crippen molar-refractivity contribution in [1.29, 1.82) is 0 Å². The van der Waals surface area contributed by atoms with E-state index in [1.54, 1.807) is 0 Å². The van der Waals surface area contributed by atoms with Gasteiger partial charge in [0.05, 0.1) is 19.1 Å². The minimum atomic E-state index is -0.543. The first-order valence-corrected chi connectivity index (χ1v) is 3.66. The number of hydrogen-bond acceptors (Lipinski definition) is 4. The van der Waals surface area contributed by atoms with Crippen LogP contribution in [0.25, 0.3) is 0 Å². The van der Waals surface area contributed by atoms with Crippen LogP contribution >= 0.6 is 0 Å². The zero-order valence-corrected chi connectivity index (χ0v) is 6.49. The lowest BCUT2D eigenvalue weighted by Gasteiger charge is -2.04. The van der Waals surface area contributed by atoms with Gasteiger partial charge in [-0.1, -0.05) is 0 Å². The topological polar surface area (TPSA) is 72.5 Å². The monoisotopic (exact) mass is 159 g/mol. The Morgan fingerprint density at radius 1 is 1.64 bits per heavy atom. The SMILES string of the molecule is COC(=O)[C@H]1C[C@@H](N)[C@@H](O)C1. The van der Waals surface area contributed by atoms with E-state index < -0.39 is 6.10 Å². The van der Waals surface area contributed by atoms with Gasteiger partial charge < -0.3 is 15.6 Å². The van der Waals surface area contributed by atoms with Gasteiger partial charge in [-0.2, -0.15) is 0 Å². The molecule has 0 aromatic rings. The number of hydrogen-bond donors (Lipinski definition) is 2. The maximum absolute atomic E-state index is 10.9. The van der Waals surface area contributed by atoms with E-state index in [2.05, 4.69) is 4.74 Å². The standard InChI is InChI=1S/C7H13NO3/c1-11-7(10)4-2-5(8)6(9)3-4/h4-6,9H,2-3,8H2,1H3/t4-,5+,6-/m0/s1. The van der Waals surface area contributed by atoms with Crippen molar-refractivity contribution in [3.05, 3.63) is 0 Å². The molecule has 0 aliphatic heterocycles. The first-order valence-electron chi connectivity index (χ1n) is 3.66. The number of esters is 1. The molecule has 1 saturated carbocycles. The Morgan fingerprint density at radius 3 is 2.64 bits per heavy atom. The van der Waals surface area contributed by atoms with Gasteiger partial charge in [0.2, 0.25) is 0 Å². The maximum Gasteiger partial charge on any atom is 0.308 e. The predicted octanol–water partition coefficient (Wildman–Crippen LogP) is -0.742. The molecule has 0 radical (unpaired) electrons. The summed E-state index contributed by atoms with van der Waals surface area (Å²) in [5.74, 6) is -0.470. The average molecular weight is 159 g/mol. The van der Waals surface area contributed by atoms with Gasteiger partial charge >= 0.3 is 5.97 Å². The molecule has 0 heterocycles. The molecule has 3 atom stereocenters. The van der Waals surface area contributed by atoms with Gasteiger partial charge in [-0.25, -0.2) is 0 Å². The van der Waals surface area contributed by atoms with Crippen LogP contribution < -0.4 is 5.73 Å². The molecule has 4 nitrogen and oxygen atoms in total. The van der Waals surface area contributed by atoms with Crippen LogP contribution in [0.3, 0.4) is 0 Å². The molecule has 0 aromatic heterocycles. The maximum atomic E-state index is 10.9. The molecule has 1 aliphatic rings. The second-order valence-corrected chi connectivity index (χ2v) is 2.92. The highest BCUT2D eigenvalue weighted by atomic mass is 16.5. The Hall–Kier alpha value is -0.610. The van der Waals surface area contributed by atoms with Gasteiger partial charge in [0.25, 0.3) is 0 Å². The molecule has 3 N–H and O–H groups in total. The molecule has 64 valence electrons. The molecular weight excluding hydrogens is 146 g/mol. The number of aliphatic hydroxyl groups is 1. The molecular formula is C7H13NO3. The summed E-state index contributed by atoms with van der Waals surface area (Å²) in [7, 11) is 1.35. The van der Waals surface area contributed by atoms with Crippen LogP contribution in [0.15, 0.2) is 0 Å². The molecule has 0 aromatic carbocycles. The van der Waals surface area contributed by atoms with Crippen molar-refractivity contribution in [2.75, 3.05) is 7.11 Å². The summed E-state index contributed by atoms with van der Waals surface area (Å²) in [6.45, 7) is 0. The largest absolute Gasteiger partial charge is 0.469 e. The van der Waals surface area contributed by atoms with E-state index in [-0.39, 0.29) is 17.9 Å². The molecule has 4 heteroatoms. The molecule has 1 aliphatic carbocycles. The number of methoxy groups -OCH3 is 1. The van der Waals surface area contributed by atoms with Gasteiger partial charge in [0.15, 0.2) is 0 Å². The Bertz CT molecular complexity index is 150. The van der Waals surface area contributed by atoms with Crippen LogP contribution in [0.2, 0.25) is 0 Å². The first kappa shape index (κ1) is 8.49. The Kier molecular flexibility index (Phi) is 2.46. The summed E-state index contributed by atoms with van der Waals surface area (Å²) < 4.78 is 4.53. The molecule has 11 heavy (non-hydrogen) atoms. The summed E-state index contributed by atoms with van der Waals surface area (Å²) in [6.07, 6.45) is 0.431. The van der Waals surface area contributed by atoms with E-state index in [1.165, 1.54) is 7.11 Å². The third kappa shape index (κ3) is 1.70. The normalized spacial score (nSPS) is 37.2. The zero-order chi connectivity index (χ0) is 8.43. The number of nitrogens with two attached hydrogens (primary N) is 1. The number of ether oxygens (including phenoxy) is 1. The van der Waals surface area contributed by atoms with Crippen LogP contribution in [0.5, 0.6) is 0 Å². The van der Waals surface area contributed by atoms with Crippen LogP contribution in [0, 0.1) is 5.92 Å².